The number of carbonyl (C=O) groups is 1. The van der Waals surface area contributed by atoms with Crippen molar-refractivity contribution in [3.05, 3.63) is 70.5 Å². The Hall–Kier alpha value is -3.01. The van der Waals surface area contributed by atoms with Crippen molar-refractivity contribution in [2.24, 2.45) is 0 Å². The van der Waals surface area contributed by atoms with Crippen molar-refractivity contribution >= 4 is 22.4 Å². The fourth-order valence-electron chi connectivity index (χ4n) is 3.35. The molecule has 146 valence electrons. The van der Waals surface area contributed by atoms with Crippen molar-refractivity contribution in [2.45, 2.75) is 41.2 Å². The Labute approximate surface area is 166 Å². The first-order chi connectivity index (χ1) is 13.4. The van der Waals surface area contributed by atoms with Crippen LogP contribution in [0.3, 0.4) is 0 Å². The van der Waals surface area contributed by atoms with E-state index in [-0.39, 0.29) is 5.91 Å². The van der Waals surface area contributed by atoms with Crippen LogP contribution in [-0.2, 0) is 11.3 Å². The highest BCUT2D eigenvalue weighted by atomic mass is 16.5. The van der Waals surface area contributed by atoms with Gasteiger partial charge in [-0.1, -0.05) is 30.3 Å². The molecule has 4 heteroatoms. The molecule has 0 radical (unpaired) electrons. The maximum Gasteiger partial charge on any atom is 0.244 e. The molecule has 1 N–H and O–H groups in total. The average Bonchev–Trinajstić information content (AvgIpc) is 2.97. The van der Waals surface area contributed by atoms with E-state index in [4.69, 9.17) is 9.15 Å². The quantitative estimate of drug-likeness (QED) is 0.579. The minimum Gasteiger partial charge on any atom is -0.493 e. The molecule has 0 aliphatic carbocycles. The summed E-state index contributed by atoms with van der Waals surface area (Å²) in [7, 11) is 0. The largest absolute Gasteiger partial charge is 0.493 e. The van der Waals surface area contributed by atoms with Gasteiger partial charge in [0.05, 0.1) is 6.61 Å². The lowest BCUT2D eigenvalue weighted by Crippen LogP contribution is -2.20. The van der Waals surface area contributed by atoms with Crippen LogP contribution in [0.2, 0.25) is 0 Å². The van der Waals surface area contributed by atoms with Gasteiger partial charge in [-0.05, 0) is 57.4 Å². The van der Waals surface area contributed by atoms with Crippen molar-refractivity contribution in [1.29, 1.82) is 0 Å². The van der Waals surface area contributed by atoms with Crippen LogP contribution in [0.5, 0.6) is 5.75 Å². The zero-order valence-electron chi connectivity index (χ0n) is 17.2. The first-order valence-corrected chi connectivity index (χ1v) is 9.58. The van der Waals surface area contributed by atoms with Crippen LogP contribution < -0.4 is 10.1 Å². The number of allylic oxidation sites excluding steroid dienone is 1. The maximum atomic E-state index is 12.4. The van der Waals surface area contributed by atoms with Gasteiger partial charge < -0.3 is 14.5 Å². The third-order valence-electron chi connectivity index (χ3n) is 5.02. The normalized spacial score (nSPS) is 11.7. The zero-order valence-corrected chi connectivity index (χ0v) is 17.2. The van der Waals surface area contributed by atoms with Gasteiger partial charge in [-0.3, -0.25) is 4.79 Å². The van der Waals surface area contributed by atoms with Gasteiger partial charge in [0.2, 0.25) is 5.91 Å². The summed E-state index contributed by atoms with van der Waals surface area (Å²) in [4.78, 5) is 12.4. The number of fused-ring (bicyclic) bond motifs is 1. The first-order valence-electron chi connectivity index (χ1n) is 9.58. The molecule has 2 aromatic carbocycles. The van der Waals surface area contributed by atoms with Crippen LogP contribution in [0, 0.1) is 20.8 Å². The minimum atomic E-state index is -0.123. The van der Waals surface area contributed by atoms with Gasteiger partial charge in [0.15, 0.2) is 0 Å². The molecule has 0 aliphatic heterocycles. The maximum absolute atomic E-state index is 12.4. The van der Waals surface area contributed by atoms with Crippen LogP contribution in [0.15, 0.2) is 46.9 Å². The molecule has 0 aliphatic rings. The molecule has 0 fully saturated rings. The molecule has 0 saturated carbocycles. The Kier molecular flexibility index (Phi) is 5.88. The highest BCUT2D eigenvalue weighted by molar-refractivity contribution is 5.98. The molecule has 0 bridgehead atoms. The van der Waals surface area contributed by atoms with Crippen molar-refractivity contribution in [1.82, 2.24) is 5.32 Å². The molecular formula is C24H27NO3. The van der Waals surface area contributed by atoms with Gasteiger partial charge in [-0.25, -0.2) is 0 Å². The number of nitrogens with one attached hydrogen (secondary N) is 1. The number of furan rings is 1. The molecule has 0 atom stereocenters. The summed E-state index contributed by atoms with van der Waals surface area (Å²) < 4.78 is 11.9. The van der Waals surface area contributed by atoms with Crippen molar-refractivity contribution < 1.29 is 13.9 Å². The second-order valence-corrected chi connectivity index (χ2v) is 7.00. The molecular weight excluding hydrogens is 350 g/mol. The van der Waals surface area contributed by atoms with Crippen molar-refractivity contribution in [3.8, 4) is 5.75 Å². The molecule has 3 rings (SSSR count). The molecule has 1 amide bonds. The summed E-state index contributed by atoms with van der Waals surface area (Å²) in [6.07, 6.45) is 1.63. The minimum absolute atomic E-state index is 0.123. The molecule has 28 heavy (non-hydrogen) atoms. The molecule has 0 unspecified atom stereocenters. The molecule has 4 nitrogen and oxygen atoms in total. The zero-order chi connectivity index (χ0) is 20.3. The SMILES string of the molecule is CCOc1c(/C(C)=C/C(=O)NCc2ccccc2)cc2c(C)c(C)oc2c1C. The van der Waals surface area contributed by atoms with Gasteiger partial charge >= 0.3 is 0 Å². The molecule has 1 heterocycles. The Morgan fingerprint density at radius 2 is 1.86 bits per heavy atom. The van der Waals surface area contributed by atoms with Gasteiger partial charge in [0, 0.05) is 29.1 Å². The number of ether oxygens (including phenoxy) is 1. The standard InChI is InChI=1S/C24H27NO3/c1-6-27-23-17(4)24-21(16(3)18(5)28-24)13-20(23)15(2)12-22(26)25-14-19-10-8-7-9-11-19/h7-13H,6,14H2,1-5H3,(H,25,26)/b15-12+. The Balaban J connectivity index is 1.93. The summed E-state index contributed by atoms with van der Waals surface area (Å²) in [6, 6.07) is 11.9. The number of amides is 1. The summed E-state index contributed by atoms with van der Waals surface area (Å²) >= 11 is 0. The predicted molar refractivity (Wildman–Crippen MR) is 114 cm³/mol. The van der Waals surface area contributed by atoms with Crippen LogP contribution in [0.25, 0.3) is 16.5 Å². The summed E-state index contributed by atoms with van der Waals surface area (Å²) in [5.74, 6) is 1.55. The number of hydrogen-bond donors (Lipinski definition) is 1. The van der Waals surface area contributed by atoms with Crippen LogP contribution in [0.4, 0.5) is 0 Å². The van der Waals surface area contributed by atoms with E-state index in [0.29, 0.717) is 13.2 Å². The third kappa shape index (κ3) is 3.96. The van der Waals surface area contributed by atoms with E-state index in [1.54, 1.807) is 6.08 Å². The fraction of sp³-hybridized carbons (Fsp3) is 0.292. The highest BCUT2D eigenvalue weighted by Gasteiger charge is 2.18. The van der Waals surface area contributed by atoms with E-state index in [0.717, 1.165) is 50.3 Å². The number of carbonyl (C=O) groups excluding carboxylic acids is 1. The topological polar surface area (TPSA) is 51.5 Å². The monoisotopic (exact) mass is 377 g/mol. The van der Waals surface area contributed by atoms with E-state index >= 15 is 0 Å². The lowest BCUT2D eigenvalue weighted by molar-refractivity contribution is -0.116. The summed E-state index contributed by atoms with van der Waals surface area (Å²) in [5.41, 5.74) is 5.77. The summed E-state index contributed by atoms with van der Waals surface area (Å²) in [6.45, 7) is 11.0. The second kappa shape index (κ2) is 8.34. The number of hydrogen-bond acceptors (Lipinski definition) is 3. The van der Waals surface area contributed by atoms with Gasteiger partial charge in [-0.2, -0.15) is 0 Å². The first kappa shape index (κ1) is 19.7. The van der Waals surface area contributed by atoms with E-state index in [9.17, 15) is 4.79 Å². The van der Waals surface area contributed by atoms with Gasteiger partial charge in [0.25, 0.3) is 0 Å². The lowest BCUT2D eigenvalue weighted by Gasteiger charge is -2.14. The summed E-state index contributed by atoms with van der Waals surface area (Å²) in [5, 5.41) is 4.00. The Bertz CT molecular complexity index is 1030. The number of benzene rings is 2. The van der Waals surface area contributed by atoms with E-state index < -0.39 is 0 Å². The van der Waals surface area contributed by atoms with E-state index in [1.807, 2.05) is 58.0 Å². The van der Waals surface area contributed by atoms with Gasteiger partial charge in [0.1, 0.15) is 17.1 Å². The van der Waals surface area contributed by atoms with Crippen LogP contribution in [-0.4, -0.2) is 12.5 Å². The van der Waals surface area contributed by atoms with Crippen LogP contribution in [0.1, 0.15) is 41.9 Å². The smallest absolute Gasteiger partial charge is 0.244 e. The lowest BCUT2D eigenvalue weighted by atomic mass is 9.98. The average molecular weight is 377 g/mol. The molecule has 1 aromatic heterocycles. The third-order valence-corrected chi connectivity index (χ3v) is 5.02. The number of rotatable bonds is 6. The van der Waals surface area contributed by atoms with E-state index in [2.05, 4.69) is 18.3 Å². The highest BCUT2D eigenvalue weighted by Crippen LogP contribution is 2.38. The van der Waals surface area contributed by atoms with Gasteiger partial charge in [-0.15, -0.1) is 0 Å². The molecule has 0 spiro atoms. The predicted octanol–water partition coefficient (Wildman–Crippen LogP) is 5.48. The molecule has 3 aromatic rings. The second-order valence-electron chi connectivity index (χ2n) is 7.00. The molecule has 0 saturated heterocycles. The van der Waals surface area contributed by atoms with Crippen molar-refractivity contribution in [3.63, 3.8) is 0 Å². The van der Waals surface area contributed by atoms with Crippen LogP contribution >= 0.6 is 0 Å². The van der Waals surface area contributed by atoms with E-state index in [1.165, 1.54) is 0 Å². The fourth-order valence-corrected chi connectivity index (χ4v) is 3.35. The Morgan fingerprint density at radius 3 is 2.54 bits per heavy atom. The Morgan fingerprint density at radius 1 is 1.14 bits per heavy atom. The van der Waals surface area contributed by atoms with Crippen molar-refractivity contribution in [2.75, 3.05) is 6.61 Å². The number of aryl methyl sites for hydroxylation is 3.